The van der Waals surface area contributed by atoms with E-state index in [0.29, 0.717) is 12.8 Å². The van der Waals surface area contributed by atoms with Gasteiger partial charge in [0.05, 0.1) is 18.2 Å². The van der Waals surface area contributed by atoms with Gasteiger partial charge in [0, 0.05) is 18.4 Å². The van der Waals surface area contributed by atoms with Crippen molar-refractivity contribution in [1.29, 1.82) is 5.26 Å². The highest BCUT2D eigenvalue weighted by Gasteiger charge is 2.30. The Hall–Kier alpha value is -2.22. The summed E-state index contributed by atoms with van der Waals surface area (Å²) < 4.78 is 13.7. The highest BCUT2D eigenvalue weighted by molar-refractivity contribution is 5.97. The molecule has 1 heterocycles. The van der Waals surface area contributed by atoms with E-state index in [-0.39, 0.29) is 35.4 Å². The fraction of sp³-hybridized carbons (Fsp3) is 0.357. The first-order chi connectivity index (χ1) is 9.01. The molecule has 1 fully saturated rings. The van der Waals surface area contributed by atoms with Crippen molar-refractivity contribution in [3.05, 3.63) is 35.1 Å². The van der Waals surface area contributed by atoms with Crippen LogP contribution in [0.2, 0.25) is 0 Å². The lowest BCUT2D eigenvalue weighted by Gasteiger charge is -2.28. The lowest BCUT2D eigenvalue weighted by Crippen LogP contribution is -2.42. The van der Waals surface area contributed by atoms with Gasteiger partial charge in [-0.25, -0.2) is 4.39 Å². The van der Waals surface area contributed by atoms with Gasteiger partial charge in [0.25, 0.3) is 0 Å². The number of imide groups is 1. The van der Waals surface area contributed by atoms with Crippen molar-refractivity contribution in [3.63, 3.8) is 0 Å². The molecule has 0 bridgehead atoms. The van der Waals surface area contributed by atoms with Gasteiger partial charge >= 0.3 is 0 Å². The highest BCUT2D eigenvalue weighted by Crippen LogP contribution is 2.22. The predicted molar refractivity (Wildman–Crippen MR) is 65.1 cm³/mol. The molecule has 19 heavy (non-hydrogen) atoms. The molecule has 0 N–H and O–H groups in total. The van der Waals surface area contributed by atoms with Crippen molar-refractivity contribution in [2.24, 2.45) is 5.92 Å². The summed E-state index contributed by atoms with van der Waals surface area (Å²) in [5, 5.41) is 8.65. The first-order valence-electron chi connectivity index (χ1n) is 6.03. The minimum atomic E-state index is -0.571. The van der Waals surface area contributed by atoms with Crippen LogP contribution in [-0.4, -0.2) is 16.7 Å². The molecule has 4 nitrogen and oxygen atoms in total. The van der Waals surface area contributed by atoms with Crippen molar-refractivity contribution in [1.82, 2.24) is 4.90 Å². The van der Waals surface area contributed by atoms with Crippen LogP contribution in [0.4, 0.5) is 4.39 Å². The quantitative estimate of drug-likeness (QED) is 0.764. The van der Waals surface area contributed by atoms with Crippen LogP contribution < -0.4 is 0 Å². The van der Waals surface area contributed by atoms with Crippen LogP contribution in [-0.2, 0) is 16.1 Å². The third-order valence-electron chi connectivity index (χ3n) is 3.16. The summed E-state index contributed by atoms with van der Waals surface area (Å²) in [5.41, 5.74) is 0.460. The summed E-state index contributed by atoms with van der Waals surface area (Å²) >= 11 is 0. The SMILES string of the molecule is CC1CC(=O)N(Cc2ccc(C#N)cc2F)C(=O)C1. The van der Waals surface area contributed by atoms with Crippen LogP contribution in [0.15, 0.2) is 18.2 Å². The molecule has 1 aliphatic rings. The van der Waals surface area contributed by atoms with E-state index in [1.165, 1.54) is 12.1 Å². The van der Waals surface area contributed by atoms with Gasteiger partial charge in [0.2, 0.25) is 11.8 Å². The zero-order valence-corrected chi connectivity index (χ0v) is 10.5. The van der Waals surface area contributed by atoms with E-state index in [0.717, 1.165) is 11.0 Å². The van der Waals surface area contributed by atoms with Crippen LogP contribution in [0.5, 0.6) is 0 Å². The normalized spacial score (nSPS) is 16.6. The van der Waals surface area contributed by atoms with E-state index < -0.39 is 5.82 Å². The average molecular weight is 260 g/mol. The molecule has 2 amide bonds. The van der Waals surface area contributed by atoms with Crippen molar-refractivity contribution in [2.75, 3.05) is 0 Å². The molecule has 1 aliphatic heterocycles. The molecular formula is C14H13FN2O2. The van der Waals surface area contributed by atoms with Crippen LogP contribution in [0.25, 0.3) is 0 Å². The molecule has 0 unspecified atom stereocenters. The molecule has 98 valence electrons. The van der Waals surface area contributed by atoms with Gasteiger partial charge in [-0.05, 0) is 18.1 Å². The monoisotopic (exact) mass is 260 g/mol. The summed E-state index contributed by atoms with van der Waals surface area (Å²) in [7, 11) is 0. The van der Waals surface area contributed by atoms with Gasteiger partial charge in [-0.15, -0.1) is 0 Å². The number of nitriles is 1. The Morgan fingerprint density at radius 3 is 2.53 bits per heavy atom. The van der Waals surface area contributed by atoms with Gasteiger partial charge in [-0.1, -0.05) is 13.0 Å². The third kappa shape index (κ3) is 2.79. The summed E-state index contributed by atoms with van der Waals surface area (Å²) in [4.78, 5) is 24.7. The zero-order chi connectivity index (χ0) is 14.0. The van der Waals surface area contributed by atoms with Gasteiger partial charge in [-0.3, -0.25) is 14.5 Å². The maximum atomic E-state index is 13.7. The van der Waals surface area contributed by atoms with Gasteiger partial charge < -0.3 is 0 Å². The number of carbonyl (C=O) groups is 2. The summed E-state index contributed by atoms with van der Waals surface area (Å²) in [6.07, 6.45) is 0.618. The number of hydrogen-bond donors (Lipinski definition) is 0. The molecule has 1 aromatic carbocycles. The Labute approximate surface area is 110 Å². The Morgan fingerprint density at radius 2 is 2.00 bits per heavy atom. The number of nitrogens with zero attached hydrogens (tertiary/aromatic N) is 2. The van der Waals surface area contributed by atoms with Crippen LogP contribution in [0, 0.1) is 23.1 Å². The minimum absolute atomic E-state index is 0.0436. The van der Waals surface area contributed by atoms with E-state index in [4.69, 9.17) is 5.26 Å². The topological polar surface area (TPSA) is 61.2 Å². The van der Waals surface area contributed by atoms with E-state index in [1.54, 1.807) is 0 Å². The van der Waals surface area contributed by atoms with Crippen molar-refractivity contribution >= 4 is 11.8 Å². The summed E-state index contributed by atoms with van der Waals surface area (Å²) in [6.45, 7) is 1.78. The molecular weight excluding hydrogens is 247 g/mol. The summed E-state index contributed by atoms with van der Waals surface area (Å²) in [6, 6.07) is 5.85. The molecule has 0 spiro atoms. The highest BCUT2D eigenvalue weighted by atomic mass is 19.1. The average Bonchev–Trinajstić information content (AvgIpc) is 2.35. The zero-order valence-electron chi connectivity index (χ0n) is 10.5. The van der Waals surface area contributed by atoms with Crippen molar-refractivity contribution in [3.8, 4) is 6.07 Å². The van der Waals surface area contributed by atoms with E-state index in [1.807, 2.05) is 13.0 Å². The molecule has 0 saturated carbocycles. The first-order valence-corrected chi connectivity index (χ1v) is 6.03. The lowest BCUT2D eigenvalue weighted by atomic mass is 9.97. The third-order valence-corrected chi connectivity index (χ3v) is 3.16. The maximum absolute atomic E-state index is 13.7. The van der Waals surface area contributed by atoms with Crippen molar-refractivity contribution < 1.29 is 14.0 Å². The second kappa shape index (κ2) is 5.19. The second-order valence-electron chi connectivity index (χ2n) is 4.81. The number of rotatable bonds is 2. The second-order valence-corrected chi connectivity index (χ2v) is 4.81. The smallest absolute Gasteiger partial charge is 0.229 e. The molecule has 5 heteroatoms. The van der Waals surface area contributed by atoms with Gasteiger partial charge in [-0.2, -0.15) is 5.26 Å². The molecule has 0 atom stereocenters. The first kappa shape index (κ1) is 13.2. The lowest BCUT2D eigenvalue weighted by molar-refractivity contribution is -0.150. The molecule has 0 aliphatic carbocycles. The Morgan fingerprint density at radius 1 is 1.37 bits per heavy atom. The van der Waals surface area contributed by atoms with Crippen molar-refractivity contribution in [2.45, 2.75) is 26.3 Å². The molecule has 0 radical (unpaired) electrons. The fourth-order valence-corrected chi connectivity index (χ4v) is 2.12. The minimum Gasteiger partial charge on any atom is -0.278 e. The number of amides is 2. The number of carbonyl (C=O) groups excluding carboxylic acids is 2. The van der Waals surface area contributed by atoms with E-state index in [9.17, 15) is 14.0 Å². The van der Waals surface area contributed by atoms with Crippen LogP contribution >= 0.6 is 0 Å². The van der Waals surface area contributed by atoms with E-state index in [2.05, 4.69) is 0 Å². The number of halogens is 1. The number of hydrogen-bond acceptors (Lipinski definition) is 3. The van der Waals surface area contributed by atoms with E-state index >= 15 is 0 Å². The fourth-order valence-electron chi connectivity index (χ4n) is 2.12. The Kier molecular flexibility index (Phi) is 3.61. The molecule has 2 rings (SSSR count). The predicted octanol–water partition coefficient (Wildman–Crippen LogP) is 1.98. The molecule has 1 aromatic rings. The van der Waals surface area contributed by atoms with Crippen LogP contribution in [0.3, 0.4) is 0 Å². The number of likely N-dealkylation sites (tertiary alicyclic amines) is 1. The molecule has 0 aromatic heterocycles. The Bertz CT molecular complexity index is 559. The summed E-state index contributed by atoms with van der Waals surface area (Å²) in [5.74, 6) is -1.07. The Balaban J connectivity index is 2.19. The van der Waals surface area contributed by atoms with Gasteiger partial charge in [0.1, 0.15) is 5.82 Å². The standard InChI is InChI=1S/C14H13FN2O2/c1-9-4-13(18)17(14(19)5-9)8-11-3-2-10(7-16)6-12(11)15/h2-3,6,9H,4-5,8H2,1H3. The number of piperidine rings is 1. The molecule has 1 saturated heterocycles. The van der Waals surface area contributed by atoms with Crippen LogP contribution in [0.1, 0.15) is 30.9 Å². The number of benzene rings is 1. The maximum Gasteiger partial charge on any atom is 0.229 e. The largest absolute Gasteiger partial charge is 0.278 e. The van der Waals surface area contributed by atoms with Gasteiger partial charge in [0.15, 0.2) is 0 Å².